The van der Waals surface area contributed by atoms with Crippen molar-refractivity contribution < 1.29 is 14.3 Å². The van der Waals surface area contributed by atoms with Gasteiger partial charge < -0.3 is 24.6 Å². The maximum atomic E-state index is 12.5. The molecule has 1 amide bonds. The van der Waals surface area contributed by atoms with Gasteiger partial charge in [0.1, 0.15) is 5.82 Å². The standard InChI is InChI=1S/C26H30N4O3/c1-18-15-25(30-13-11-29(2)12-14-30)28-22-8-7-20(17-21(18)22)27-26(31)10-6-19-5-9-23(32-3)24(16-19)33-4/h5-10,15-17H,11-14H2,1-4H3,(H,27,31)/b10-6+. The zero-order chi connectivity index (χ0) is 23.4. The van der Waals surface area contributed by atoms with E-state index in [-0.39, 0.29) is 5.91 Å². The number of benzene rings is 2. The number of nitrogens with zero attached hydrogens (tertiary/aromatic N) is 3. The second kappa shape index (κ2) is 9.92. The molecular weight excluding hydrogens is 416 g/mol. The van der Waals surface area contributed by atoms with Crippen LogP contribution in [0.15, 0.2) is 48.5 Å². The van der Waals surface area contributed by atoms with Crippen molar-refractivity contribution >= 4 is 34.4 Å². The molecule has 0 unspecified atom stereocenters. The van der Waals surface area contributed by atoms with Crippen LogP contribution in [0.2, 0.25) is 0 Å². The summed E-state index contributed by atoms with van der Waals surface area (Å²) >= 11 is 0. The Bertz CT molecular complexity index is 1180. The van der Waals surface area contributed by atoms with E-state index in [0.29, 0.717) is 11.5 Å². The van der Waals surface area contributed by atoms with Gasteiger partial charge in [0.2, 0.25) is 5.91 Å². The molecule has 33 heavy (non-hydrogen) atoms. The van der Waals surface area contributed by atoms with Crippen LogP contribution in [-0.2, 0) is 4.79 Å². The van der Waals surface area contributed by atoms with Crippen LogP contribution in [0.1, 0.15) is 11.1 Å². The fourth-order valence-corrected chi connectivity index (χ4v) is 3.96. The summed E-state index contributed by atoms with van der Waals surface area (Å²) in [5, 5.41) is 3.98. The fraction of sp³-hybridized carbons (Fsp3) is 0.308. The van der Waals surface area contributed by atoms with Crippen molar-refractivity contribution in [1.29, 1.82) is 0 Å². The normalized spacial score (nSPS) is 14.6. The van der Waals surface area contributed by atoms with Gasteiger partial charge in [-0.3, -0.25) is 4.79 Å². The lowest BCUT2D eigenvalue weighted by molar-refractivity contribution is -0.111. The molecule has 3 aromatic rings. The second-order valence-corrected chi connectivity index (χ2v) is 8.26. The van der Waals surface area contributed by atoms with Crippen LogP contribution < -0.4 is 19.7 Å². The first-order valence-corrected chi connectivity index (χ1v) is 11.0. The number of likely N-dealkylation sites (N-methyl/N-ethyl adjacent to an activating group) is 1. The van der Waals surface area contributed by atoms with Gasteiger partial charge in [0.15, 0.2) is 11.5 Å². The van der Waals surface area contributed by atoms with E-state index in [0.717, 1.165) is 59.7 Å². The molecule has 0 radical (unpaired) electrons. The van der Waals surface area contributed by atoms with Crippen molar-refractivity contribution in [2.75, 3.05) is 57.7 Å². The lowest BCUT2D eigenvalue weighted by Gasteiger charge is -2.33. The van der Waals surface area contributed by atoms with Crippen molar-refractivity contribution in [2.45, 2.75) is 6.92 Å². The zero-order valence-electron chi connectivity index (χ0n) is 19.6. The van der Waals surface area contributed by atoms with Crippen LogP contribution in [0.25, 0.3) is 17.0 Å². The van der Waals surface area contributed by atoms with Crippen LogP contribution in [0, 0.1) is 6.92 Å². The van der Waals surface area contributed by atoms with Gasteiger partial charge in [-0.25, -0.2) is 4.98 Å². The minimum Gasteiger partial charge on any atom is -0.493 e. The summed E-state index contributed by atoms with van der Waals surface area (Å²) in [4.78, 5) is 22.0. The summed E-state index contributed by atoms with van der Waals surface area (Å²) in [7, 11) is 5.33. The Morgan fingerprint density at radius 3 is 2.48 bits per heavy atom. The highest BCUT2D eigenvalue weighted by Crippen LogP contribution is 2.28. The van der Waals surface area contributed by atoms with Crippen molar-refractivity contribution in [3.63, 3.8) is 0 Å². The third-order valence-corrected chi connectivity index (χ3v) is 5.93. The van der Waals surface area contributed by atoms with Crippen molar-refractivity contribution in [1.82, 2.24) is 9.88 Å². The number of carbonyl (C=O) groups excluding carboxylic acids is 1. The van der Waals surface area contributed by atoms with Gasteiger partial charge in [-0.1, -0.05) is 6.07 Å². The molecule has 4 rings (SSSR count). The third kappa shape index (κ3) is 5.26. The van der Waals surface area contributed by atoms with Gasteiger partial charge in [0.25, 0.3) is 0 Å². The van der Waals surface area contributed by atoms with E-state index in [1.165, 1.54) is 6.08 Å². The van der Waals surface area contributed by atoms with Gasteiger partial charge >= 0.3 is 0 Å². The number of ether oxygens (including phenoxy) is 2. The predicted octanol–water partition coefficient (Wildman–Crippen LogP) is 3.96. The van der Waals surface area contributed by atoms with Crippen LogP contribution in [0.4, 0.5) is 11.5 Å². The van der Waals surface area contributed by atoms with Gasteiger partial charge in [0.05, 0.1) is 19.7 Å². The van der Waals surface area contributed by atoms with E-state index in [4.69, 9.17) is 14.5 Å². The Morgan fingerprint density at radius 1 is 1.00 bits per heavy atom. The number of nitrogens with one attached hydrogen (secondary N) is 1. The molecule has 1 aliphatic rings. The van der Waals surface area contributed by atoms with Crippen LogP contribution in [0.3, 0.4) is 0 Å². The van der Waals surface area contributed by atoms with E-state index in [9.17, 15) is 4.79 Å². The fourth-order valence-electron chi connectivity index (χ4n) is 3.96. The molecule has 1 saturated heterocycles. The smallest absolute Gasteiger partial charge is 0.248 e. The highest BCUT2D eigenvalue weighted by atomic mass is 16.5. The van der Waals surface area contributed by atoms with Gasteiger partial charge in [-0.15, -0.1) is 0 Å². The van der Waals surface area contributed by atoms with Gasteiger partial charge in [0, 0.05) is 43.3 Å². The molecule has 1 aromatic heterocycles. The van der Waals surface area contributed by atoms with Crippen LogP contribution >= 0.6 is 0 Å². The summed E-state index contributed by atoms with van der Waals surface area (Å²) in [6.45, 7) is 6.14. The summed E-state index contributed by atoms with van der Waals surface area (Å²) in [5.74, 6) is 2.08. The number of hydrogen-bond acceptors (Lipinski definition) is 6. The number of methoxy groups -OCH3 is 2. The Kier molecular flexibility index (Phi) is 6.79. The number of aromatic nitrogens is 1. The monoisotopic (exact) mass is 446 g/mol. The van der Waals surface area contributed by atoms with E-state index in [1.807, 2.05) is 36.4 Å². The largest absolute Gasteiger partial charge is 0.493 e. The zero-order valence-corrected chi connectivity index (χ0v) is 19.6. The summed E-state index contributed by atoms with van der Waals surface area (Å²) in [5.41, 5.74) is 3.66. The molecule has 0 bridgehead atoms. The Morgan fingerprint density at radius 2 is 1.76 bits per heavy atom. The molecule has 0 aliphatic carbocycles. The highest BCUT2D eigenvalue weighted by Gasteiger charge is 2.16. The maximum Gasteiger partial charge on any atom is 0.248 e. The lowest BCUT2D eigenvalue weighted by atomic mass is 10.1. The predicted molar refractivity (Wildman–Crippen MR) is 133 cm³/mol. The van der Waals surface area contributed by atoms with Crippen molar-refractivity contribution in [3.8, 4) is 11.5 Å². The van der Waals surface area contributed by atoms with Crippen molar-refractivity contribution in [3.05, 3.63) is 59.7 Å². The Labute approximate surface area is 194 Å². The number of fused-ring (bicyclic) bond motifs is 1. The summed E-state index contributed by atoms with van der Waals surface area (Å²) < 4.78 is 10.6. The molecule has 0 atom stereocenters. The van der Waals surface area contributed by atoms with E-state index in [1.54, 1.807) is 20.3 Å². The molecule has 172 valence electrons. The first-order chi connectivity index (χ1) is 16.0. The van der Waals surface area contributed by atoms with Crippen LogP contribution in [0.5, 0.6) is 11.5 Å². The molecule has 2 heterocycles. The topological polar surface area (TPSA) is 66.9 Å². The third-order valence-electron chi connectivity index (χ3n) is 5.93. The first kappa shape index (κ1) is 22.6. The van der Waals surface area contributed by atoms with Gasteiger partial charge in [-0.2, -0.15) is 0 Å². The highest BCUT2D eigenvalue weighted by molar-refractivity contribution is 6.03. The molecule has 0 spiro atoms. The quantitative estimate of drug-likeness (QED) is 0.578. The molecule has 0 saturated carbocycles. The molecule has 1 aliphatic heterocycles. The molecular formula is C26H30N4O3. The van der Waals surface area contributed by atoms with Crippen molar-refractivity contribution in [2.24, 2.45) is 0 Å². The number of piperazine rings is 1. The van der Waals surface area contributed by atoms with Gasteiger partial charge in [-0.05, 0) is 67.6 Å². The molecule has 2 aromatic carbocycles. The number of pyridine rings is 1. The summed E-state index contributed by atoms with van der Waals surface area (Å²) in [6, 6.07) is 13.5. The molecule has 1 N–H and O–H groups in total. The number of amides is 1. The maximum absolute atomic E-state index is 12.5. The van der Waals surface area contributed by atoms with E-state index < -0.39 is 0 Å². The average molecular weight is 447 g/mol. The number of carbonyl (C=O) groups is 1. The molecule has 7 nitrogen and oxygen atoms in total. The summed E-state index contributed by atoms with van der Waals surface area (Å²) in [6.07, 6.45) is 3.25. The number of anilines is 2. The number of hydrogen-bond donors (Lipinski definition) is 1. The van der Waals surface area contributed by atoms with E-state index in [2.05, 4.69) is 35.2 Å². The first-order valence-electron chi connectivity index (χ1n) is 11.0. The lowest BCUT2D eigenvalue weighted by Crippen LogP contribution is -2.44. The minimum atomic E-state index is -0.205. The minimum absolute atomic E-state index is 0.205. The van der Waals surface area contributed by atoms with E-state index >= 15 is 0 Å². The molecule has 1 fully saturated rings. The average Bonchev–Trinajstić information content (AvgIpc) is 2.83. The molecule has 7 heteroatoms. The second-order valence-electron chi connectivity index (χ2n) is 8.26. The Hall–Kier alpha value is -3.58. The SMILES string of the molecule is COc1ccc(/C=C/C(=O)Nc2ccc3nc(N4CCN(C)CC4)cc(C)c3c2)cc1OC. The number of aryl methyl sites for hydroxylation is 1. The Balaban J connectivity index is 1.47. The van der Waals surface area contributed by atoms with Crippen LogP contribution in [-0.4, -0.2) is 63.2 Å². The number of rotatable bonds is 6.